The van der Waals surface area contributed by atoms with Crippen molar-refractivity contribution in [2.24, 2.45) is 0 Å². The van der Waals surface area contributed by atoms with E-state index in [2.05, 4.69) is 20.5 Å². The lowest BCUT2D eigenvalue weighted by Crippen LogP contribution is -2.14. The van der Waals surface area contributed by atoms with E-state index in [9.17, 15) is 18.0 Å². The number of anilines is 1. The van der Waals surface area contributed by atoms with Gasteiger partial charge >= 0.3 is 6.18 Å². The van der Waals surface area contributed by atoms with Crippen LogP contribution in [0.4, 0.5) is 19.0 Å². The number of aliphatic hydroxyl groups excluding tert-OH is 1. The van der Waals surface area contributed by atoms with Crippen molar-refractivity contribution in [3.8, 4) is 11.3 Å². The van der Waals surface area contributed by atoms with Gasteiger partial charge in [-0.25, -0.2) is 4.98 Å². The molecule has 6 nitrogen and oxygen atoms in total. The zero-order valence-corrected chi connectivity index (χ0v) is 13.8. The Bertz CT molecular complexity index is 908. The number of hydrogen-bond donors (Lipinski definition) is 2. The molecule has 0 unspecified atom stereocenters. The van der Waals surface area contributed by atoms with Crippen molar-refractivity contribution in [2.45, 2.75) is 12.8 Å². The lowest BCUT2D eigenvalue weighted by atomic mass is 10.1. The van der Waals surface area contributed by atoms with Gasteiger partial charge in [-0.1, -0.05) is 12.1 Å². The third kappa shape index (κ3) is 4.03. The number of benzene rings is 1. The fourth-order valence-corrected chi connectivity index (χ4v) is 2.68. The van der Waals surface area contributed by atoms with Crippen molar-refractivity contribution in [3.63, 3.8) is 0 Å². The van der Waals surface area contributed by atoms with E-state index in [1.54, 1.807) is 0 Å². The van der Waals surface area contributed by atoms with Crippen molar-refractivity contribution in [1.29, 1.82) is 0 Å². The van der Waals surface area contributed by atoms with Crippen LogP contribution >= 0.6 is 11.3 Å². The summed E-state index contributed by atoms with van der Waals surface area (Å²) in [5.74, 6) is -0.332. The van der Waals surface area contributed by atoms with Crippen LogP contribution in [0, 0.1) is 0 Å². The molecule has 1 amide bonds. The van der Waals surface area contributed by atoms with Crippen LogP contribution in [0.2, 0.25) is 0 Å². The fourth-order valence-electron chi connectivity index (χ4n) is 2.05. The summed E-state index contributed by atoms with van der Waals surface area (Å²) < 4.78 is 37.7. The van der Waals surface area contributed by atoms with E-state index in [1.807, 2.05) is 0 Å². The van der Waals surface area contributed by atoms with E-state index >= 15 is 0 Å². The van der Waals surface area contributed by atoms with Crippen LogP contribution in [0.5, 0.6) is 0 Å². The molecular weight excluding hydrogens is 369 g/mol. The molecule has 0 aliphatic heterocycles. The van der Waals surface area contributed by atoms with Crippen LogP contribution in [0.3, 0.4) is 0 Å². The molecule has 134 valence electrons. The second kappa shape index (κ2) is 7.18. The maximum atomic E-state index is 12.6. The van der Waals surface area contributed by atoms with Gasteiger partial charge in [0.15, 0.2) is 5.82 Å². The molecule has 2 heterocycles. The third-order valence-electron chi connectivity index (χ3n) is 3.33. The minimum Gasteiger partial charge on any atom is -0.389 e. The maximum absolute atomic E-state index is 12.6. The average molecular weight is 380 g/mol. The number of aliphatic hydroxyl groups is 1. The average Bonchev–Trinajstić information content (AvgIpc) is 3.11. The van der Waals surface area contributed by atoms with E-state index in [0.29, 0.717) is 16.3 Å². The Balaban J connectivity index is 1.71. The largest absolute Gasteiger partial charge is 0.416 e. The standard InChI is InChI=1S/C16H11F3N4O2S/c17-16(18,19)10-3-1-9(2-4-10)11-5-6-13(23-22-11)21-15(25)12-8-26-14(7-24)20-12/h1-6,8,24H,7H2,(H,21,23,25). The first-order valence-electron chi connectivity index (χ1n) is 7.25. The molecule has 3 rings (SSSR count). The Hall–Kier alpha value is -2.85. The molecule has 2 aromatic heterocycles. The predicted molar refractivity (Wildman–Crippen MR) is 88.5 cm³/mol. The number of thiazole rings is 1. The zero-order chi connectivity index (χ0) is 18.7. The Morgan fingerprint density at radius 3 is 2.38 bits per heavy atom. The minimum absolute atomic E-state index is 0.146. The van der Waals surface area contributed by atoms with E-state index < -0.39 is 17.6 Å². The number of halogens is 3. The van der Waals surface area contributed by atoms with Crippen molar-refractivity contribution in [1.82, 2.24) is 15.2 Å². The zero-order valence-electron chi connectivity index (χ0n) is 13.0. The molecule has 0 fully saturated rings. The molecular formula is C16H11F3N4O2S. The van der Waals surface area contributed by atoms with Gasteiger partial charge in [-0.3, -0.25) is 4.79 Å². The molecule has 0 radical (unpaired) electrons. The van der Waals surface area contributed by atoms with Gasteiger partial charge in [-0.15, -0.1) is 21.5 Å². The Kier molecular flexibility index (Phi) is 4.96. The molecule has 26 heavy (non-hydrogen) atoms. The number of nitrogens with zero attached hydrogens (tertiary/aromatic N) is 3. The van der Waals surface area contributed by atoms with Gasteiger partial charge in [0, 0.05) is 10.9 Å². The molecule has 0 bridgehead atoms. The van der Waals surface area contributed by atoms with E-state index in [-0.39, 0.29) is 18.1 Å². The van der Waals surface area contributed by atoms with Crippen molar-refractivity contribution >= 4 is 23.1 Å². The van der Waals surface area contributed by atoms with Crippen LogP contribution < -0.4 is 5.32 Å². The Labute approximate surface area is 149 Å². The topological polar surface area (TPSA) is 88.0 Å². The van der Waals surface area contributed by atoms with Crippen LogP contribution in [-0.4, -0.2) is 26.2 Å². The molecule has 2 N–H and O–H groups in total. The summed E-state index contributed by atoms with van der Waals surface area (Å²) in [4.78, 5) is 15.9. The highest BCUT2D eigenvalue weighted by Gasteiger charge is 2.30. The van der Waals surface area contributed by atoms with Crippen LogP contribution in [0.15, 0.2) is 41.8 Å². The highest BCUT2D eigenvalue weighted by molar-refractivity contribution is 7.09. The van der Waals surface area contributed by atoms with Gasteiger partial charge in [0.2, 0.25) is 0 Å². The van der Waals surface area contributed by atoms with Crippen LogP contribution in [0.25, 0.3) is 11.3 Å². The Morgan fingerprint density at radius 2 is 1.85 bits per heavy atom. The summed E-state index contributed by atoms with van der Waals surface area (Å²) in [6, 6.07) is 7.55. The van der Waals surface area contributed by atoms with Gasteiger partial charge in [-0.05, 0) is 24.3 Å². The van der Waals surface area contributed by atoms with E-state index in [1.165, 1.54) is 29.6 Å². The van der Waals surface area contributed by atoms with E-state index in [4.69, 9.17) is 5.11 Å². The second-order valence-electron chi connectivity index (χ2n) is 5.12. The number of amides is 1. The number of carbonyl (C=O) groups excluding carboxylic acids is 1. The smallest absolute Gasteiger partial charge is 0.389 e. The monoisotopic (exact) mass is 380 g/mol. The number of rotatable bonds is 4. The molecule has 0 saturated carbocycles. The number of hydrogen-bond acceptors (Lipinski definition) is 6. The van der Waals surface area contributed by atoms with Crippen molar-refractivity contribution < 1.29 is 23.1 Å². The van der Waals surface area contributed by atoms with Crippen molar-refractivity contribution in [3.05, 3.63) is 58.0 Å². The molecule has 0 aliphatic rings. The lowest BCUT2D eigenvalue weighted by molar-refractivity contribution is -0.137. The summed E-state index contributed by atoms with van der Waals surface area (Å²) in [6.45, 7) is -0.250. The second-order valence-corrected chi connectivity index (χ2v) is 6.06. The van der Waals surface area contributed by atoms with Gasteiger partial charge in [0.05, 0.1) is 17.9 Å². The summed E-state index contributed by atoms with van der Waals surface area (Å²) in [5.41, 5.74) is 0.236. The third-order valence-corrected chi connectivity index (χ3v) is 4.17. The fraction of sp³-hybridized carbons (Fsp3) is 0.125. The normalized spacial score (nSPS) is 11.4. The molecule has 3 aromatic rings. The lowest BCUT2D eigenvalue weighted by Gasteiger charge is -2.07. The van der Waals surface area contributed by atoms with E-state index in [0.717, 1.165) is 23.5 Å². The molecule has 1 aromatic carbocycles. The van der Waals surface area contributed by atoms with Gasteiger partial charge in [0.25, 0.3) is 5.91 Å². The quantitative estimate of drug-likeness (QED) is 0.725. The van der Waals surface area contributed by atoms with Gasteiger partial charge < -0.3 is 10.4 Å². The number of nitrogens with one attached hydrogen (secondary N) is 1. The summed E-state index contributed by atoms with van der Waals surface area (Å²) in [5, 5.41) is 21.1. The van der Waals surface area contributed by atoms with Crippen LogP contribution in [0.1, 0.15) is 21.1 Å². The van der Waals surface area contributed by atoms with Crippen LogP contribution in [-0.2, 0) is 12.8 Å². The molecule has 0 aliphatic carbocycles. The number of alkyl halides is 3. The predicted octanol–water partition coefficient (Wildman–Crippen LogP) is 3.36. The number of aromatic nitrogens is 3. The summed E-state index contributed by atoms with van der Waals surface area (Å²) >= 11 is 1.15. The molecule has 0 spiro atoms. The van der Waals surface area contributed by atoms with Crippen molar-refractivity contribution in [2.75, 3.05) is 5.32 Å². The maximum Gasteiger partial charge on any atom is 0.416 e. The first-order valence-corrected chi connectivity index (χ1v) is 8.13. The van der Waals surface area contributed by atoms with Gasteiger partial charge in [0.1, 0.15) is 10.7 Å². The molecule has 0 atom stereocenters. The van der Waals surface area contributed by atoms with Gasteiger partial charge in [-0.2, -0.15) is 13.2 Å². The highest BCUT2D eigenvalue weighted by atomic mass is 32.1. The molecule has 10 heteroatoms. The Morgan fingerprint density at radius 1 is 1.12 bits per heavy atom. The first-order chi connectivity index (χ1) is 12.4. The SMILES string of the molecule is O=C(Nc1ccc(-c2ccc(C(F)(F)F)cc2)nn1)c1csc(CO)n1. The molecule has 0 saturated heterocycles. The summed E-state index contributed by atoms with van der Waals surface area (Å²) in [7, 11) is 0. The summed E-state index contributed by atoms with van der Waals surface area (Å²) in [6.07, 6.45) is -4.40. The first kappa shape index (κ1) is 18.0. The highest BCUT2D eigenvalue weighted by Crippen LogP contribution is 2.30. The number of carbonyl (C=O) groups is 1. The minimum atomic E-state index is -4.40.